The van der Waals surface area contributed by atoms with E-state index in [0.29, 0.717) is 0 Å². The summed E-state index contributed by atoms with van der Waals surface area (Å²) in [6.07, 6.45) is -1.67. The molecule has 1 unspecified atom stereocenters. The van der Waals surface area contributed by atoms with Gasteiger partial charge in [-0.15, -0.1) is 0 Å². The van der Waals surface area contributed by atoms with Crippen LogP contribution in [0.2, 0.25) is 0 Å². The van der Waals surface area contributed by atoms with Gasteiger partial charge in [0.25, 0.3) is 0 Å². The maximum atomic E-state index is 11.0. The molecule has 0 fully saturated rings. The number of ether oxygens (including phenoxy) is 3. The SMILES string of the molecule is CCOC(=O)C(=O)OC(C)OC(=O)CC(C)=O. The Bertz CT molecular complexity index is 321. The van der Waals surface area contributed by atoms with Gasteiger partial charge in [0, 0.05) is 6.92 Å². The highest BCUT2D eigenvalue weighted by molar-refractivity contribution is 6.29. The van der Waals surface area contributed by atoms with Crippen LogP contribution in [0.5, 0.6) is 0 Å². The Morgan fingerprint density at radius 2 is 1.65 bits per heavy atom. The number of hydrogen-bond acceptors (Lipinski definition) is 7. The van der Waals surface area contributed by atoms with Crippen LogP contribution >= 0.6 is 0 Å². The molecule has 0 spiro atoms. The molecule has 0 aliphatic heterocycles. The molecule has 96 valence electrons. The van der Waals surface area contributed by atoms with E-state index in [2.05, 4.69) is 14.2 Å². The third-order valence-corrected chi connectivity index (χ3v) is 1.41. The first-order valence-electron chi connectivity index (χ1n) is 4.93. The zero-order valence-electron chi connectivity index (χ0n) is 9.85. The van der Waals surface area contributed by atoms with Crippen molar-refractivity contribution in [1.29, 1.82) is 0 Å². The van der Waals surface area contributed by atoms with Crippen molar-refractivity contribution < 1.29 is 33.4 Å². The molecule has 1 atom stereocenters. The van der Waals surface area contributed by atoms with Crippen LogP contribution in [-0.4, -0.2) is 36.6 Å². The van der Waals surface area contributed by atoms with E-state index in [-0.39, 0.29) is 12.4 Å². The summed E-state index contributed by atoms with van der Waals surface area (Å²) >= 11 is 0. The molecule has 0 aromatic rings. The third-order valence-electron chi connectivity index (χ3n) is 1.41. The van der Waals surface area contributed by atoms with Crippen molar-refractivity contribution >= 4 is 23.7 Å². The minimum atomic E-state index is -1.25. The first-order chi connectivity index (χ1) is 7.86. The van der Waals surface area contributed by atoms with Crippen LogP contribution in [0.3, 0.4) is 0 Å². The van der Waals surface area contributed by atoms with Gasteiger partial charge in [-0.05, 0) is 13.8 Å². The molecule has 7 nitrogen and oxygen atoms in total. The summed E-state index contributed by atoms with van der Waals surface area (Å²) in [6.45, 7) is 4.03. The van der Waals surface area contributed by atoms with Gasteiger partial charge in [0.05, 0.1) is 6.61 Å². The summed E-state index contributed by atoms with van der Waals surface area (Å²) < 4.78 is 13.4. The van der Waals surface area contributed by atoms with Crippen molar-refractivity contribution in [1.82, 2.24) is 0 Å². The first kappa shape index (κ1) is 15.1. The quantitative estimate of drug-likeness (QED) is 0.290. The first-order valence-corrected chi connectivity index (χ1v) is 4.93. The number of hydrogen-bond donors (Lipinski definition) is 0. The average Bonchev–Trinajstić information content (AvgIpc) is 2.15. The van der Waals surface area contributed by atoms with E-state index in [1.807, 2.05) is 0 Å². The van der Waals surface area contributed by atoms with Gasteiger partial charge in [-0.3, -0.25) is 9.59 Å². The highest BCUT2D eigenvalue weighted by Crippen LogP contribution is 1.99. The van der Waals surface area contributed by atoms with Crippen molar-refractivity contribution in [3.63, 3.8) is 0 Å². The second kappa shape index (κ2) is 7.37. The number of carbonyl (C=O) groups is 4. The predicted octanol–water partition coefficient (Wildman–Crippen LogP) is -0.0390. The molecule has 0 amide bonds. The molecule has 0 radical (unpaired) electrons. The van der Waals surface area contributed by atoms with Crippen LogP contribution < -0.4 is 0 Å². The zero-order chi connectivity index (χ0) is 13.4. The summed E-state index contributed by atoms with van der Waals surface area (Å²) in [7, 11) is 0. The lowest BCUT2D eigenvalue weighted by Crippen LogP contribution is -2.28. The lowest BCUT2D eigenvalue weighted by Gasteiger charge is -2.12. The molecule has 0 saturated carbocycles. The summed E-state index contributed by atoms with van der Waals surface area (Å²) in [4.78, 5) is 43.4. The van der Waals surface area contributed by atoms with E-state index < -0.39 is 30.6 Å². The Labute approximate surface area is 98.0 Å². The Balaban J connectivity index is 4.05. The number of Topliss-reactive ketones (excluding diaryl/α,β-unsaturated/α-hetero) is 1. The Hall–Kier alpha value is -1.92. The molecule has 7 heteroatoms. The van der Waals surface area contributed by atoms with Gasteiger partial charge in [0.15, 0.2) is 0 Å². The highest BCUT2D eigenvalue weighted by Gasteiger charge is 2.21. The Morgan fingerprint density at radius 1 is 1.06 bits per heavy atom. The van der Waals surface area contributed by atoms with Gasteiger partial charge in [0.2, 0.25) is 6.29 Å². The van der Waals surface area contributed by atoms with E-state index in [1.165, 1.54) is 20.8 Å². The molecular weight excluding hydrogens is 232 g/mol. The third kappa shape index (κ3) is 7.04. The molecule has 0 bridgehead atoms. The molecule has 0 rings (SSSR count). The van der Waals surface area contributed by atoms with Crippen molar-refractivity contribution in [2.45, 2.75) is 33.5 Å². The molecule has 0 saturated heterocycles. The molecule has 0 aromatic heterocycles. The van der Waals surface area contributed by atoms with Crippen molar-refractivity contribution in [2.75, 3.05) is 6.61 Å². The topological polar surface area (TPSA) is 96.0 Å². The maximum Gasteiger partial charge on any atom is 0.420 e. The lowest BCUT2D eigenvalue weighted by atomic mass is 10.3. The Morgan fingerprint density at radius 3 is 2.12 bits per heavy atom. The van der Waals surface area contributed by atoms with Gasteiger partial charge < -0.3 is 14.2 Å². The second-order valence-corrected chi connectivity index (χ2v) is 3.06. The van der Waals surface area contributed by atoms with E-state index in [9.17, 15) is 19.2 Å². The van der Waals surface area contributed by atoms with E-state index in [1.54, 1.807) is 0 Å². The number of ketones is 1. The number of rotatable bonds is 5. The van der Waals surface area contributed by atoms with Gasteiger partial charge in [-0.2, -0.15) is 0 Å². The fourth-order valence-electron chi connectivity index (χ4n) is 0.843. The fraction of sp³-hybridized carbons (Fsp3) is 0.600. The van der Waals surface area contributed by atoms with Crippen molar-refractivity contribution in [3.05, 3.63) is 0 Å². The molecule has 0 heterocycles. The largest absolute Gasteiger partial charge is 0.458 e. The second-order valence-electron chi connectivity index (χ2n) is 3.06. The van der Waals surface area contributed by atoms with Gasteiger partial charge in [-0.25, -0.2) is 9.59 Å². The maximum absolute atomic E-state index is 11.0. The molecule has 0 aromatic carbocycles. The highest BCUT2D eigenvalue weighted by atomic mass is 16.7. The van der Waals surface area contributed by atoms with E-state index >= 15 is 0 Å². The summed E-state index contributed by atoms with van der Waals surface area (Å²) in [6, 6.07) is 0. The minimum absolute atomic E-state index is 0.0342. The minimum Gasteiger partial charge on any atom is -0.458 e. The smallest absolute Gasteiger partial charge is 0.420 e. The van der Waals surface area contributed by atoms with Crippen LogP contribution in [0.1, 0.15) is 27.2 Å². The normalized spacial score (nSPS) is 11.2. The molecule has 0 aliphatic carbocycles. The van der Waals surface area contributed by atoms with E-state index in [0.717, 1.165) is 0 Å². The van der Waals surface area contributed by atoms with Gasteiger partial charge >= 0.3 is 17.9 Å². The molecule has 17 heavy (non-hydrogen) atoms. The van der Waals surface area contributed by atoms with Gasteiger partial charge in [0.1, 0.15) is 12.2 Å². The zero-order valence-corrected chi connectivity index (χ0v) is 9.85. The standard InChI is InChI=1S/C10H14O7/c1-4-15-9(13)10(14)17-7(3)16-8(12)5-6(2)11/h7H,4-5H2,1-3H3. The molecule has 0 aliphatic rings. The molecular formula is C10H14O7. The van der Waals surface area contributed by atoms with E-state index in [4.69, 9.17) is 0 Å². The van der Waals surface area contributed by atoms with Crippen molar-refractivity contribution in [2.24, 2.45) is 0 Å². The molecule has 0 N–H and O–H groups in total. The van der Waals surface area contributed by atoms with Crippen LogP contribution in [0.4, 0.5) is 0 Å². The van der Waals surface area contributed by atoms with Crippen LogP contribution in [0, 0.1) is 0 Å². The lowest BCUT2D eigenvalue weighted by molar-refractivity contribution is -0.191. The van der Waals surface area contributed by atoms with Crippen LogP contribution in [0.15, 0.2) is 0 Å². The summed E-state index contributed by atoms with van der Waals surface area (Å²) in [5.41, 5.74) is 0. The van der Waals surface area contributed by atoms with Gasteiger partial charge in [-0.1, -0.05) is 0 Å². The average molecular weight is 246 g/mol. The monoisotopic (exact) mass is 246 g/mol. The Kier molecular flexibility index (Phi) is 6.54. The number of carbonyl (C=O) groups excluding carboxylic acids is 4. The van der Waals surface area contributed by atoms with Crippen LogP contribution in [-0.2, 0) is 33.4 Å². The number of esters is 3. The fourth-order valence-corrected chi connectivity index (χ4v) is 0.843. The predicted molar refractivity (Wildman–Crippen MR) is 53.6 cm³/mol. The summed E-state index contributed by atoms with van der Waals surface area (Å²) in [5.74, 6) is -3.63. The summed E-state index contributed by atoms with van der Waals surface area (Å²) in [5, 5.41) is 0. The van der Waals surface area contributed by atoms with Crippen molar-refractivity contribution in [3.8, 4) is 0 Å². The van der Waals surface area contributed by atoms with Crippen LogP contribution in [0.25, 0.3) is 0 Å².